The first-order chi connectivity index (χ1) is 8.67. The van der Waals surface area contributed by atoms with E-state index >= 15 is 0 Å². The van der Waals surface area contributed by atoms with E-state index < -0.39 is 33.3 Å². The van der Waals surface area contributed by atoms with Crippen molar-refractivity contribution < 1.29 is 22.0 Å². The Morgan fingerprint density at radius 2 is 1.79 bits per heavy atom. The first kappa shape index (κ1) is 15.7. The summed E-state index contributed by atoms with van der Waals surface area (Å²) in [5.41, 5.74) is 5.72. The third kappa shape index (κ3) is 5.89. The quantitative estimate of drug-likeness (QED) is 0.842. The number of Topliss-reactive ketones (excluding diaryl/α,β-unsaturated/α-hetero) is 1. The minimum absolute atomic E-state index is 0.00450. The Morgan fingerprint density at radius 3 is 2.26 bits per heavy atom. The normalized spacial score (nSPS) is 13.3. The summed E-state index contributed by atoms with van der Waals surface area (Å²) in [5, 5.41) is 0. The Hall–Kier alpha value is -1.34. The molecule has 0 bridgehead atoms. The number of sulfone groups is 1. The van der Waals surface area contributed by atoms with Gasteiger partial charge >= 0.3 is 0 Å². The molecule has 19 heavy (non-hydrogen) atoms. The van der Waals surface area contributed by atoms with Gasteiger partial charge in [-0.15, -0.1) is 0 Å². The van der Waals surface area contributed by atoms with Crippen LogP contribution in [0.4, 0.5) is 8.78 Å². The highest BCUT2D eigenvalue weighted by atomic mass is 32.2. The predicted octanol–water partition coefficient (Wildman–Crippen LogP) is 0.838. The summed E-state index contributed by atoms with van der Waals surface area (Å²) in [7, 11) is -3.19. The lowest BCUT2D eigenvalue weighted by Crippen LogP contribution is -2.33. The Kier molecular flexibility index (Phi) is 5.13. The van der Waals surface area contributed by atoms with Crippen LogP contribution in [-0.4, -0.2) is 32.3 Å². The summed E-state index contributed by atoms with van der Waals surface area (Å²) in [6.45, 7) is 0. The Balaban J connectivity index is 2.63. The average molecular weight is 291 g/mol. The van der Waals surface area contributed by atoms with E-state index in [9.17, 15) is 22.0 Å². The number of nitrogens with two attached hydrogens (primary N) is 1. The smallest absolute Gasteiger partial charge is 0.153 e. The van der Waals surface area contributed by atoms with Crippen molar-refractivity contribution in [3.05, 3.63) is 35.4 Å². The summed E-state index contributed by atoms with van der Waals surface area (Å²) in [6.07, 6.45) is 0.821. The molecule has 0 heterocycles. The largest absolute Gasteiger partial charge is 0.321 e. The van der Waals surface area contributed by atoms with Crippen LogP contribution in [0.15, 0.2) is 18.2 Å². The molecule has 0 spiro atoms. The molecule has 1 aromatic carbocycles. The lowest BCUT2D eigenvalue weighted by Gasteiger charge is -2.10. The minimum Gasteiger partial charge on any atom is -0.321 e. The molecule has 0 saturated heterocycles. The van der Waals surface area contributed by atoms with Crippen molar-refractivity contribution in [2.24, 2.45) is 5.73 Å². The fourth-order valence-electron chi connectivity index (χ4n) is 1.55. The Morgan fingerprint density at radius 1 is 1.26 bits per heavy atom. The zero-order valence-corrected chi connectivity index (χ0v) is 11.2. The molecular weight excluding hydrogens is 276 g/mol. The molecule has 1 rings (SSSR count). The zero-order valence-electron chi connectivity index (χ0n) is 10.4. The number of halogens is 2. The molecule has 7 heteroatoms. The van der Waals surface area contributed by atoms with Gasteiger partial charge in [-0.25, -0.2) is 17.2 Å². The molecule has 0 aliphatic heterocycles. The van der Waals surface area contributed by atoms with Gasteiger partial charge in [-0.05, 0) is 24.1 Å². The zero-order chi connectivity index (χ0) is 14.6. The highest BCUT2D eigenvalue weighted by Crippen LogP contribution is 2.10. The van der Waals surface area contributed by atoms with Gasteiger partial charge in [0.25, 0.3) is 0 Å². The predicted molar refractivity (Wildman–Crippen MR) is 67.4 cm³/mol. The molecule has 0 saturated carbocycles. The van der Waals surface area contributed by atoms with E-state index in [1.54, 1.807) is 0 Å². The van der Waals surface area contributed by atoms with Crippen molar-refractivity contribution in [2.75, 3.05) is 12.0 Å². The van der Waals surface area contributed by atoms with Crippen molar-refractivity contribution in [3.63, 3.8) is 0 Å². The summed E-state index contributed by atoms with van der Waals surface area (Å²) < 4.78 is 47.7. The average Bonchev–Trinajstić information content (AvgIpc) is 2.23. The van der Waals surface area contributed by atoms with E-state index in [1.807, 2.05) is 0 Å². The van der Waals surface area contributed by atoms with Crippen LogP contribution in [0.5, 0.6) is 0 Å². The molecule has 1 aromatic rings. The fourth-order valence-corrected chi connectivity index (χ4v) is 2.23. The van der Waals surface area contributed by atoms with Crippen molar-refractivity contribution >= 4 is 15.6 Å². The van der Waals surface area contributed by atoms with Gasteiger partial charge in [0.05, 0.1) is 11.8 Å². The Bertz CT molecular complexity index is 552. The molecular formula is C12H15F2NO3S. The monoisotopic (exact) mass is 291 g/mol. The molecule has 1 atom stereocenters. The number of rotatable bonds is 6. The van der Waals surface area contributed by atoms with Crippen molar-refractivity contribution in [1.29, 1.82) is 0 Å². The maximum atomic E-state index is 12.9. The second-order valence-electron chi connectivity index (χ2n) is 4.45. The van der Waals surface area contributed by atoms with Crippen molar-refractivity contribution in [3.8, 4) is 0 Å². The van der Waals surface area contributed by atoms with Gasteiger partial charge < -0.3 is 5.73 Å². The summed E-state index contributed by atoms with van der Waals surface area (Å²) in [5.74, 6) is -2.19. The molecule has 106 valence electrons. The third-order valence-electron chi connectivity index (χ3n) is 2.51. The van der Waals surface area contributed by atoms with E-state index in [0.29, 0.717) is 6.07 Å². The lowest BCUT2D eigenvalue weighted by atomic mass is 10.0. The van der Waals surface area contributed by atoms with Crippen LogP contribution in [0.25, 0.3) is 0 Å². The number of benzene rings is 1. The highest BCUT2D eigenvalue weighted by molar-refractivity contribution is 7.90. The van der Waals surface area contributed by atoms with Gasteiger partial charge in [-0.2, -0.15) is 0 Å². The van der Waals surface area contributed by atoms with Crippen LogP contribution in [0.2, 0.25) is 0 Å². The standard InChI is InChI=1S/C12H15F2NO3S/c1-19(17,18)3-2-11(15)12(16)6-8-4-9(13)7-10(14)5-8/h4-5,7,11H,2-3,6,15H2,1H3. The highest BCUT2D eigenvalue weighted by Gasteiger charge is 2.17. The second kappa shape index (κ2) is 6.21. The van der Waals surface area contributed by atoms with Gasteiger partial charge in [0.15, 0.2) is 5.78 Å². The van der Waals surface area contributed by atoms with Crippen LogP contribution in [0.1, 0.15) is 12.0 Å². The molecule has 4 nitrogen and oxygen atoms in total. The molecule has 0 aromatic heterocycles. The van der Waals surface area contributed by atoms with E-state index in [4.69, 9.17) is 5.73 Å². The topological polar surface area (TPSA) is 77.2 Å². The second-order valence-corrected chi connectivity index (χ2v) is 6.71. The number of ketones is 1. The number of hydrogen-bond donors (Lipinski definition) is 1. The van der Waals surface area contributed by atoms with Crippen LogP contribution in [-0.2, 0) is 21.1 Å². The third-order valence-corrected chi connectivity index (χ3v) is 3.49. The van der Waals surface area contributed by atoms with E-state index in [1.165, 1.54) is 0 Å². The molecule has 0 radical (unpaired) electrons. The molecule has 0 fully saturated rings. The Labute approximate surface area is 110 Å². The van der Waals surface area contributed by atoms with Gasteiger partial charge in [-0.3, -0.25) is 4.79 Å². The first-order valence-corrected chi connectivity index (χ1v) is 7.64. The molecule has 0 amide bonds. The van der Waals surface area contributed by atoms with Gasteiger partial charge in [-0.1, -0.05) is 0 Å². The maximum absolute atomic E-state index is 12.9. The van der Waals surface area contributed by atoms with Gasteiger partial charge in [0.1, 0.15) is 21.5 Å². The van der Waals surface area contributed by atoms with E-state index in [0.717, 1.165) is 18.4 Å². The van der Waals surface area contributed by atoms with E-state index in [2.05, 4.69) is 0 Å². The number of hydrogen-bond acceptors (Lipinski definition) is 4. The van der Waals surface area contributed by atoms with Crippen molar-refractivity contribution in [1.82, 2.24) is 0 Å². The summed E-state index contributed by atoms with van der Waals surface area (Å²) in [6, 6.07) is 1.84. The SMILES string of the molecule is CS(=O)(=O)CCC(N)C(=O)Cc1cc(F)cc(F)c1. The van der Waals surface area contributed by atoms with Crippen LogP contribution >= 0.6 is 0 Å². The van der Waals surface area contributed by atoms with Gasteiger partial charge in [0, 0.05) is 18.7 Å². The van der Waals surface area contributed by atoms with Crippen LogP contribution < -0.4 is 5.73 Å². The first-order valence-electron chi connectivity index (χ1n) is 5.58. The molecule has 1 unspecified atom stereocenters. The molecule has 0 aliphatic rings. The van der Waals surface area contributed by atoms with Gasteiger partial charge in [0.2, 0.25) is 0 Å². The lowest BCUT2D eigenvalue weighted by molar-refractivity contribution is -0.119. The minimum atomic E-state index is -3.19. The van der Waals surface area contributed by atoms with E-state index in [-0.39, 0.29) is 24.2 Å². The van der Waals surface area contributed by atoms with Crippen LogP contribution in [0.3, 0.4) is 0 Å². The number of carbonyl (C=O) groups excluding carboxylic acids is 1. The number of carbonyl (C=O) groups is 1. The maximum Gasteiger partial charge on any atom is 0.153 e. The van der Waals surface area contributed by atoms with Crippen molar-refractivity contribution in [2.45, 2.75) is 18.9 Å². The fraction of sp³-hybridized carbons (Fsp3) is 0.417. The molecule has 2 N–H and O–H groups in total. The summed E-state index contributed by atoms with van der Waals surface area (Å²) >= 11 is 0. The molecule has 0 aliphatic carbocycles. The van der Waals surface area contributed by atoms with Crippen LogP contribution in [0, 0.1) is 11.6 Å². The summed E-state index contributed by atoms with van der Waals surface area (Å²) in [4.78, 5) is 11.7.